The van der Waals surface area contributed by atoms with Gasteiger partial charge in [0.05, 0.1) is 7.11 Å². The molecule has 1 unspecified atom stereocenters. The molecule has 1 saturated heterocycles. The minimum Gasteiger partial charge on any atom is -0.497 e. The average Bonchev–Trinajstić information content (AvgIpc) is 3.12. The molecule has 1 atom stereocenters. The zero-order valence-electron chi connectivity index (χ0n) is 13.1. The number of aromatic nitrogens is 2. The Morgan fingerprint density at radius 1 is 1.26 bits per heavy atom. The summed E-state index contributed by atoms with van der Waals surface area (Å²) in [5, 5.41) is 4.08. The van der Waals surface area contributed by atoms with Gasteiger partial charge in [0.15, 0.2) is 0 Å². The molecule has 6 heteroatoms. The third-order valence-electron chi connectivity index (χ3n) is 4.54. The number of hydrogen-bond donors (Lipinski definition) is 0. The molecule has 1 aliphatic carbocycles. The Morgan fingerprint density at radius 2 is 2.04 bits per heavy atom. The number of carbonyl (C=O) groups excluding carboxylic acids is 1. The fourth-order valence-electron chi connectivity index (χ4n) is 3.08. The third-order valence-corrected chi connectivity index (χ3v) is 4.54. The number of likely N-dealkylation sites (tertiary alicyclic amines) is 1. The predicted molar refractivity (Wildman–Crippen MR) is 82.7 cm³/mol. The second-order valence-corrected chi connectivity index (χ2v) is 6.15. The van der Waals surface area contributed by atoms with Gasteiger partial charge in [-0.15, -0.1) is 0 Å². The van der Waals surface area contributed by atoms with E-state index in [1.54, 1.807) is 7.11 Å². The zero-order chi connectivity index (χ0) is 15.8. The number of hydrogen-bond acceptors (Lipinski definition) is 5. The lowest BCUT2D eigenvalue weighted by molar-refractivity contribution is -0.133. The van der Waals surface area contributed by atoms with Crippen molar-refractivity contribution in [1.29, 1.82) is 0 Å². The van der Waals surface area contributed by atoms with E-state index in [9.17, 15) is 4.79 Å². The lowest BCUT2D eigenvalue weighted by atomic mass is 10.2. The second-order valence-electron chi connectivity index (χ2n) is 6.15. The largest absolute Gasteiger partial charge is 0.497 e. The van der Waals surface area contributed by atoms with Crippen LogP contribution in [0.15, 0.2) is 28.8 Å². The lowest BCUT2D eigenvalue weighted by Gasteiger charge is -2.21. The molecular weight excluding hydrogens is 294 g/mol. The molecular formula is C17H19N3O3. The molecule has 1 aromatic carbocycles. The Balaban J connectivity index is 1.55. The van der Waals surface area contributed by atoms with Crippen molar-refractivity contribution in [1.82, 2.24) is 15.0 Å². The maximum atomic E-state index is 12.4. The molecule has 1 amide bonds. The van der Waals surface area contributed by atoms with Gasteiger partial charge in [0.1, 0.15) is 11.8 Å². The van der Waals surface area contributed by atoms with E-state index in [0.29, 0.717) is 11.7 Å². The Hall–Kier alpha value is -2.37. The normalized spacial score (nSPS) is 20.7. The van der Waals surface area contributed by atoms with Crippen molar-refractivity contribution >= 4 is 5.91 Å². The summed E-state index contributed by atoms with van der Waals surface area (Å²) in [6.07, 6.45) is 3.91. The predicted octanol–water partition coefficient (Wildman–Crippen LogP) is 2.82. The van der Waals surface area contributed by atoms with Gasteiger partial charge in [-0.2, -0.15) is 4.98 Å². The monoisotopic (exact) mass is 313 g/mol. The Kier molecular flexibility index (Phi) is 3.52. The molecule has 1 aliphatic heterocycles. The molecule has 2 heterocycles. The topological polar surface area (TPSA) is 68.5 Å². The molecule has 1 aromatic heterocycles. The first-order valence-corrected chi connectivity index (χ1v) is 8.05. The van der Waals surface area contributed by atoms with Crippen molar-refractivity contribution in [2.45, 2.75) is 31.7 Å². The van der Waals surface area contributed by atoms with Gasteiger partial charge < -0.3 is 14.2 Å². The molecule has 0 spiro atoms. The number of methoxy groups -OCH3 is 1. The number of ether oxygens (including phenoxy) is 1. The van der Waals surface area contributed by atoms with Crippen molar-refractivity contribution in [2.24, 2.45) is 5.92 Å². The van der Waals surface area contributed by atoms with Gasteiger partial charge in [-0.05, 0) is 49.9 Å². The molecule has 120 valence electrons. The fourth-order valence-corrected chi connectivity index (χ4v) is 3.08. The highest BCUT2D eigenvalue weighted by Crippen LogP contribution is 2.38. The highest BCUT2D eigenvalue weighted by molar-refractivity contribution is 5.81. The van der Waals surface area contributed by atoms with Crippen LogP contribution in [0.1, 0.15) is 37.6 Å². The van der Waals surface area contributed by atoms with Crippen LogP contribution in [0.2, 0.25) is 0 Å². The van der Waals surface area contributed by atoms with E-state index in [1.807, 2.05) is 29.2 Å². The van der Waals surface area contributed by atoms with Crippen molar-refractivity contribution in [3.05, 3.63) is 30.2 Å². The summed E-state index contributed by atoms with van der Waals surface area (Å²) >= 11 is 0. The lowest BCUT2D eigenvalue weighted by Crippen LogP contribution is -2.31. The molecule has 6 nitrogen and oxygen atoms in total. The first kappa shape index (κ1) is 14.2. The highest BCUT2D eigenvalue weighted by Gasteiger charge is 2.40. The summed E-state index contributed by atoms with van der Waals surface area (Å²) in [6, 6.07) is 7.46. The molecule has 0 bridgehead atoms. The van der Waals surface area contributed by atoms with Crippen molar-refractivity contribution in [3.8, 4) is 17.1 Å². The van der Waals surface area contributed by atoms with Crippen LogP contribution in [-0.4, -0.2) is 34.6 Å². The SMILES string of the molecule is COc1ccc(-c2noc(C3CCCN3C(=O)C3CC3)n2)cc1. The van der Waals surface area contributed by atoms with Gasteiger partial charge in [-0.25, -0.2) is 0 Å². The minimum absolute atomic E-state index is 0.0670. The summed E-state index contributed by atoms with van der Waals surface area (Å²) in [5.41, 5.74) is 0.874. The minimum atomic E-state index is -0.0670. The molecule has 1 saturated carbocycles. The fraction of sp³-hybridized carbons (Fsp3) is 0.471. The van der Waals surface area contributed by atoms with E-state index in [4.69, 9.17) is 9.26 Å². The summed E-state index contributed by atoms with van der Waals surface area (Å²) in [7, 11) is 1.63. The molecule has 2 aromatic rings. The summed E-state index contributed by atoms with van der Waals surface area (Å²) in [6.45, 7) is 0.792. The first-order chi connectivity index (χ1) is 11.3. The second kappa shape index (κ2) is 5.68. The van der Waals surface area contributed by atoms with Gasteiger partial charge in [-0.1, -0.05) is 5.16 Å². The van der Waals surface area contributed by atoms with Crippen LogP contribution in [0.25, 0.3) is 11.4 Å². The smallest absolute Gasteiger partial charge is 0.249 e. The molecule has 23 heavy (non-hydrogen) atoms. The van der Waals surface area contributed by atoms with Crippen LogP contribution in [0.3, 0.4) is 0 Å². The highest BCUT2D eigenvalue weighted by atomic mass is 16.5. The van der Waals surface area contributed by atoms with E-state index in [1.165, 1.54) is 0 Å². The van der Waals surface area contributed by atoms with E-state index < -0.39 is 0 Å². The van der Waals surface area contributed by atoms with Crippen LogP contribution >= 0.6 is 0 Å². The van der Waals surface area contributed by atoms with E-state index in [2.05, 4.69) is 10.1 Å². The van der Waals surface area contributed by atoms with Gasteiger partial charge in [0.25, 0.3) is 0 Å². The van der Waals surface area contributed by atoms with Gasteiger partial charge in [-0.3, -0.25) is 4.79 Å². The summed E-state index contributed by atoms with van der Waals surface area (Å²) in [5.74, 6) is 2.35. The average molecular weight is 313 g/mol. The quantitative estimate of drug-likeness (QED) is 0.868. The van der Waals surface area contributed by atoms with E-state index in [-0.39, 0.29) is 17.9 Å². The van der Waals surface area contributed by atoms with Crippen LogP contribution in [0.4, 0.5) is 0 Å². The van der Waals surface area contributed by atoms with Gasteiger partial charge in [0, 0.05) is 18.0 Å². The number of rotatable bonds is 4. The maximum absolute atomic E-state index is 12.4. The van der Waals surface area contributed by atoms with Gasteiger partial charge in [0.2, 0.25) is 17.6 Å². The molecule has 0 radical (unpaired) electrons. The van der Waals surface area contributed by atoms with E-state index >= 15 is 0 Å². The van der Waals surface area contributed by atoms with Crippen molar-refractivity contribution < 1.29 is 14.1 Å². The Bertz CT molecular complexity index is 706. The number of carbonyl (C=O) groups is 1. The third kappa shape index (κ3) is 2.69. The van der Waals surface area contributed by atoms with Crippen LogP contribution in [0.5, 0.6) is 5.75 Å². The van der Waals surface area contributed by atoms with Crippen LogP contribution in [-0.2, 0) is 4.79 Å². The molecule has 4 rings (SSSR count). The standard InChI is InChI=1S/C17H19N3O3/c1-22-13-8-6-11(7-9-13)15-18-16(23-19-15)14-3-2-10-20(14)17(21)12-4-5-12/h6-9,12,14H,2-5,10H2,1H3. The maximum Gasteiger partial charge on any atom is 0.249 e. The first-order valence-electron chi connectivity index (χ1n) is 8.05. The Labute approximate surface area is 134 Å². The zero-order valence-corrected chi connectivity index (χ0v) is 13.1. The van der Waals surface area contributed by atoms with Crippen LogP contribution < -0.4 is 4.74 Å². The Morgan fingerprint density at radius 3 is 2.74 bits per heavy atom. The molecule has 2 fully saturated rings. The number of nitrogens with zero attached hydrogens (tertiary/aromatic N) is 3. The molecule has 2 aliphatic rings. The van der Waals surface area contributed by atoms with Crippen LogP contribution in [0, 0.1) is 5.92 Å². The summed E-state index contributed by atoms with van der Waals surface area (Å²) < 4.78 is 10.6. The summed E-state index contributed by atoms with van der Waals surface area (Å²) in [4.78, 5) is 18.8. The molecule has 0 N–H and O–H groups in total. The van der Waals surface area contributed by atoms with E-state index in [0.717, 1.165) is 43.5 Å². The van der Waals surface area contributed by atoms with Gasteiger partial charge >= 0.3 is 0 Å². The van der Waals surface area contributed by atoms with Crippen molar-refractivity contribution in [2.75, 3.05) is 13.7 Å². The van der Waals surface area contributed by atoms with Crippen molar-refractivity contribution in [3.63, 3.8) is 0 Å². The number of amides is 1. The number of benzene rings is 1.